The second kappa shape index (κ2) is 8.56. The van der Waals surface area contributed by atoms with Gasteiger partial charge in [-0.3, -0.25) is 9.59 Å². The van der Waals surface area contributed by atoms with E-state index in [-0.39, 0.29) is 17.9 Å². The number of carbonyl (C=O) groups is 2. The van der Waals surface area contributed by atoms with Gasteiger partial charge in [0, 0.05) is 17.8 Å². The third-order valence-electron chi connectivity index (χ3n) is 3.86. The lowest BCUT2D eigenvalue weighted by Gasteiger charge is -2.08. The Hall–Kier alpha value is -4.05. The number of aromatic nitrogens is 1. The van der Waals surface area contributed by atoms with Crippen LogP contribution in [-0.4, -0.2) is 16.8 Å². The summed E-state index contributed by atoms with van der Waals surface area (Å²) in [6, 6.07) is 19.0. The second-order valence-electron chi connectivity index (χ2n) is 5.83. The number of nitrogens with zero attached hydrogens (tertiary/aromatic N) is 2. The van der Waals surface area contributed by atoms with Crippen molar-refractivity contribution < 1.29 is 14.0 Å². The minimum atomic E-state index is -0.524. The van der Waals surface area contributed by atoms with Crippen LogP contribution >= 0.6 is 0 Å². The number of halogens is 1. The summed E-state index contributed by atoms with van der Waals surface area (Å²) in [6.45, 7) is 0.00453. The second-order valence-corrected chi connectivity index (χ2v) is 5.83. The molecule has 0 radical (unpaired) electrons. The molecule has 1 aromatic heterocycles. The number of pyridine rings is 1. The highest BCUT2D eigenvalue weighted by Gasteiger charge is 2.13. The van der Waals surface area contributed by atoms with Crippen molar-refractivity contribution in [2.75, 3.05) is 5.32 Å². The van der Waals surface area contributed by atoms with Crippen LogP contribution in [0.2, 0.25) is 0 Å². The third-order valence-corrected chi connectivity index (χ3v) is 3.86. The first-order valence-electron chi connectivity index (χ1n) is 8.37. The molecule has 2 amide bonds. The van der Waals surface area contributed by atoms with E-state index < -0.39 is 17.6 Å². The molecule has 0 spiro atoms. The molecule has 0 bridgehead atoms. The molecule has 3 rings (SSSR count). The van der Waals surface area contributed by atoms with Gasteiger partial charge in [0.05, 0.1) is 11.6 Å². The smallest absolute Gasteiger partial charge is 0.274 e. The standard InChI is InChI=1S/C21H15FN4O2/c22-17-8-2-1-6-15(17)13-24-20(27)18-9-4-10-19(26-18)21(28)25-16-7-3-5-14(11-16)12-23/h1-11H,13H2,(H,24,27)(H,25,28). The number of hydrogen-bond donors (Lipinski definition) is 2. The van der Waals surface area contributed by atoms with Crippen LogP contribution in [0.1, 0.15) is 32.1 Å². The van der Waals surface area contributed by atoms with E-state index in [1.165, 1.54) is 30.3 Å². The summed E-state index contributed by atoms with van der Waals surface area (Å²) in [7, 11) is 0. The molecule has 2 aromatic carbocycles. The van der Waals surface area contributed by atoms with Crippen LogP contribution in [0.4, 0.5) is 10.1 Å². The van der Waals surface area contributed by atoms with Gasteiger partial charge < -0.3 is 10.6 Å². The highest BCUT2D eigenvalue weighted by molar-refractivity contribution is 6.03. The van der Waals surface area contributed by atoms with Crippen LogP contribution in [0, 0.1) is 17.1 Å². The van der Waals surface area contributed by atoms with Crippen LogP contribution in [0.25, 0.3) is 0 Å². The van der Waals surface area contributed by atoms with Gasteiger partial charge in [0.1, 0.15) is 17.2 Å². The Bertz CT molecular complexity index is 1080. The van der Waals surface area contributed by atoms with Crippen molar-refractivity contribution in [2.45, 2.75) is 6.54 Å². The van der Waals surface area contributed by atoms with Gasteiger partial charge >= 0.3 is 0 Å². The lowest BCUT2D eigenvalue weighted by atomic mass is 10.2. The van der Waals surface area contributed by atoms with Crippen molar-refractivity contribution >= 4 is 17.5 Å². The number of anilines is 1. The van der Waals surface area contributed by atoms with Crippen LogP contribution in [0.3, 0.4) is 0 Å². The summed E-state index contributed by atoms with van der Waals surface area (Å²) in [5.41, 5.74) is 1.28. The Balaban J connectivity index is 1.69. The number of amides is 2. The lowest BCUT2D eigenvalue weighted by molar-refractivity contribution is 0.0945. The molecule has 7 heteroatoms. The molecule has 0 unspecified atom stereocenters. The molecule has 0 aliphatic carbocycles. The SMILES string of the molecule is N#Cc1cccc(NC(=O)c2cccc(C(=O)NCc3ccccc3F)n2)c1. The molecule has 6 nitrogen and oxygen atoms in total. The highest BCUT2D eigenvalue weighted by Crippen LogP contribution is 2.12. The number of carbonyl (C=O) groups excluding carboxylic acids is 2. The van der Waals surface area contributed by atoms with Crippen molar-refractivity contribution in [3.63, 3.8) is 0 Å². The Morgan fingerprint density at radius 3 is 2.43 bits per heavy atom. The predicted octanol–water partition coefficient (Wildman–Crippen LogP) is 3.27. The summed E-state index contributed by atoms with van der Waals surface area (Å²) in [5, 5.41) is 14.1. The van der Waals surface area contributed by atoms with Crippen LogP contribution in [0.15, 0.2) is 66.7 Å². The van der Waals surface area contributed by atoms with Gasteiger partial charge in [0.15, 0.2) is 0 Å². The van der Waals surface area contributed by atoms with Crippen LogP contribution in [0.5, 0.6) is 0 Å². The molecule has 1 heterocycles. The number of hydrogen-bond acceptors (Lipinski definition) is 4. The van der Waals surface area contributed by atoms with Gasteiger partial charge in [-0.15, -0.1) is 0 Å². The van der Waals surface area contributed by atoms with Crippen molar-refractivity contribution in [2.24, 2.45) is 0 Å². The Labute approximate surface area is 160 Å². The molecule has 3 aromatic rings. The van der Waals surface area contributed by atoms with E-state index in [4.69, 9.17) is 5.26 Å². The molecule has 0 aliphatic heterocycles. The van der Waals surface area contributed by atoms with E-state index in [2.05, 4.69) is 15.6 Å². The van der Waals surface area contributed by atoms with Crippen molar-refractivity contribution in [1.29, 1.82) is 5.26 Å². The molecule has 28 heavy (non-hydrogen) atoms. The largest absolute Gasteiger partial charge is 0.347 e. The van der Waals surface area contributed by atoms with E-state index in [1.54, 1.807) is 36.4 Å². The van der Waals surface area contributed by atoms with E-state index in [0.717, 1.165) is 0 Å². The summed E-state index contributed by atoms with van der Waals surface area (Å²) in [4.78, 5) is 28.7. The van der Waals surface area contributed by atoms with Gasteiger partial charge in [0.2, 0.25) is 0 Å². The third kappa shape index (κ3) is 4.56. The molecule has 2 N–H and O–H groups in total. The number of rotatable bonds is 5. The normalized spacial score (nSPS) is 10.0. The van der Waals surface area contributed by atoms with Crippen LogP contribution < -0.4 is 10.6 Å². The molecule has 0 saturated carbocycles. The first-order chi connectivity index (χ1) is 13.6. The van der Waals surface area contributed by atoms with E-state index >= 15 is 0 Å². The van der Waals surface area contributed by atoms with Crippen molar-refractivity contribution in [3.05, 3.63) is 95.1 Å². The maximum Gasteiger partial charge on any atom is 0.274 e. The first-order valence-corrected chi connectivity index (χ1v) is 8.37. The zero-order valence-corrected chi connectivity index (χ0v) is 14.6. The zero-order valence-electron chi connectivity index (χ0n) is 14.6. The van der Waals surface area contributed by atoms with Crippen molar-refractivity contribution in [1.82, 2.24) is 10.3 Å². The molecular weight excluding hydrogens is 359 g/mol. The topological polar surface area (TPSA) is 94.9 Å². The minimum absolute atomic E-state index is 0.00453. The Morgan fingerprint density at radius 1 is 0.964 bits per heavy atom. The maximum atomic E-state index is 13.6. The summed E-state index contributed by atoms with van der Waals surface area (Å²) >= 11 is 0. The highest BCUT2D eigenvalue weighted by atomic mass is 19.1. The van der Waals surface area contributed by atoms with Gasteiger partial charge in [-0.05, 0) is 36.4 Å². The fourth-order valence-electron chi connectivity index (χ4n) is 2.46. The lowest BCUT2D eigenvalue weighted by Crippen LogP contribution is -2.25. The van der Waals surface area contributed by atoms with E-state index in [0.29, 0.717) is 16.8 Å². The van der Waals surface area contributed by atoms with Gasteiger partial charge in [0.25, 0.3) is 11.8 Å². The fourth-order valence-corrected chi connectivity index (χ4v) is 2.46. The minimum Gasteiger partial charge on any atom is -0.347 e. The maximum absolute atomic E-state index is 13.6. The average Bonchev–Trinajstić information content (AvgIpc) is 2.73. The number of nitriles is 1. The predicted molar refractivity (Wildman–Crippen MR) is 101 cm³/mol. The van der Waals surface area contributed by atoms with E-state index in [1.807, 2.05) is 6.07 Å². The Morgan fingerprint density at radius 2 is 1.68 bits per heavy atom. The zero-order chi connectivity index (χ0) is 19.9. The first kappa shape index (κ1) is 18.7. The van der Waals surface area contributed by atoms with Gasteiger partial charge in [-0.2, -0.15) is 5.26 Å². The Kier molecular flexibility index (Phi) is 5.72. The van der Waals surface area contributed by atoms with Crippen LogP contribution in [-0.2, 0) is 6.54 Å². The molecule has 0 atom stereocenters. The quantitative estimate of drug-likeness (QED) is 0.716. The van der Waals surface area contributed by atoms with Gasteiger partial charge in [-0.1, -0.05) is 30.3 Å². The summed E-state index contributed by atoms with van der Waals surface area (Å²) in [5.74, 6) is -1.45. The molecule has 0 aliphatic rings. The monoisotopic (exact) mass is 374 g/mol. The molecule has 0 fully saturated rings. The molecular formula is C21H15FN4O2. The summed E-state index contributed by atoms with van der Waals surface area (Å²) < 4.78 is 13.6. The average molecular weight is 374 g/mol. The number of nitrogens with one attached hydrogen (secondary N) is 2. The molecule has 138 valence electrons. The van der Waals surface area contributed by atoms with Gasteiger partial charge in [-0.25, -0.2) is 9.37 Å². The number of benzene rings is 2. The fraction of sp³-hybridized carbons (Fsp3) is 0.0476. The van der Waals surface area contributed by atoms with E-state index in [9.17, 15) is 14.0 Å². The molecule has 0 saturated heterocycles. The van der Waals surface area contributed by atoms with Crippen molar-refractivity contribution in [3.8, 4) is 6.07 Å². The summed E-state index contributed by atoms with van der Waals surface area (Å²) in [6.07, 6.45) is 0.